The molecule has 1 aromatic rings. The van der Waals surface area contributed by atoms with Crippen molar-refractivity contribution in [3.63, 3.8) is 0 Å². The molecule has 2 N–H and O–H groups in total. The maximum absolute atomic E-state index is 12.1. The first-order chi connectivity index (χ1) is 8.48. The van der Waals surface area contributed by atoms with Gasteiger partial charge in [0.1, 0.15) is 6.10 Å². The van der Waals surface area contributed by atoms with Gasteiger partial charge >= 0.3 is 0 Å². The topological polar surface area (TPSA) is 61.5 Å². The van der Waals surface area contributed by atoms with Crippen molar-refractivity contribution in [2.45, 2.75) is 36.7 Å². The zero-order chi connectivity index (χ0) is 13.2. The number of nitrogens with two attached hydrogens (primary N) is 1. The van der Waals surface area contributed by atoms with E-state index in [0.717, 1.165) is 4.90 Å². The molecule has 1 heterocycles. The van der Waals surface area contributed by atoms with E-state index in [1.54, 1.807) is 0 Å². The molecule has 1 unspecified atom stereocenters. The summed E-state index contributed by atoms with van der Waals surface area (Å²) in [4.78, 5) is 0.797. The quantitative estimate of drug-likeness (QED) is 0.894. The Kier molecular flexibility index (Phi) is 4.17. The Hall–Kier alpha value is -0.750. The van der Waals surface area contributed by atoms with E-state index < -0.39 is 16.6 Å². The Morgan fingerprint density at radius 3 is 2.67 bits per heavy atom. The highest BCUT2D eigenvalue weighted by Crippen LogP contribution is 2.24. The number of rotatable bonds is 4. The molecule has 0 aromatic heterocycles. The third-order valence-corrected chi connectivity index (χ3v) is 4.34. The van der Waals surface area contributed by atoms with Gasteiger partial charge < -0.3 is 15.2 Å². The third kappa shape index (κ3) is 3.38. The van der Waals surface area contributed by atoms with Gasteiger partial charge in [0.15, 0.2) is 5.79 Å². The Balaban J connectivity index is 1.92. The molecule has 0 radical (unpaired) electrons. The van der Waals surface area contributed by atoms with E-state index in [2.05, 4.69) is 0 Å². The van der Waals surface area contributed by atoms with E-state index in [1.807, 2.05) is 44.2 Å². The van der Waals surface area contributed by atoms with Crippen LogP contribution in [0, 0.1) is 0 Å². The number of hydrogen-bond acceptors (Lipinski definition) is 4. The maximum Gasteiger partial charge on any atom is 0.163 e. The Labute approximate surface area is 110 Å². The van der Waals surface area contributed by atoms with Crippen LogP contribution in [0.25, 0.3) is 0 Å². The molecular weight excluding hydrogens is 250 g/mol. The molecule has 0 saturated carbocycles. The molecule has 4 nitrogen and oxygen atoms in total. The van der Waals surface area contributed by atoms with Gasteiger partial charge in [-0.05, 0) is 26.0 Å². The lowest BCUT2D eigenvalue weighted by atomic mass is 10.2. The van der Waals surface area contributed by atoms with Gasteiger partial charge in [0.25, 0.3) is 0 Å². The van der Waals surface area contributed by atoms with Crippen LogP contribution in [0.4, 0.5) is 0 Å². The van der Waals surface area contributed by atoms with Crippen molar-refractivity contribution in [3.05, 3.63) is 30.3 Å². The zero-order valence-electron chi connectivity index (χ0n) is 10.7. The highest BCUT2D eigenvalue weighted by molar-refractivity contribution is 7.85. The van der Waals surface area contributed by atoms with Crippen LogP contribution in [0.1, 0.15) is 13.8 Å². The Bertz CT molecular complexity index is 422. The van der Waals surface area contributed by atoms with Crippen LogP contribution in [0.15, 0.2) is 35.2 Å². The second-order valence-corrected chi connectivity index (χ2v) is 6.35. The van der Waals surface area contributed by atoms with Crippen molar-refractivity contribution < 1.29 is 13.7 Å². The van der Waals surface area contributed by atoms with E-state index in [0.29, 0.717) is 12.4 Å². The molecule has 100 valence electrons. The molecule has 1 saturated heterocycles. The molecule has 0 spiro atoms. The highest BCUT2D eigenvalue weighted by atomic mass is 32.2. The molecule has 1 aliphatic heterocycles. The van der Waals surface area contributed by atoms with Gasteiger partial charge in [-0.25, -0.2) is 0 Å². The molecule has 0 bridgehead atoms. The summed E-state index contributed by atoms with van der Waals surface area (Å²) in [5.74, 6) is -0.204. The van der Waals surface area contributed by atoms with Gasteiger partial charge in [0.2, 0.25) is 0 Å². The third-order valence-electron chi connectivity index (χ3n) is 2.86. The molecule has 2 rings (SSSR count). The van der Waals surface area contributed by atoms with Gasteiger partial charge in [-0.1, -0.05) is 18.2 Å². The van der Waals surface area contributed by atoms with Gasteiger partial charge in [0.05, 0.1) is 17.4 Å². The number of hydrogen-bond donors (Lipinski definition) is 1. The fourth-order valence-electron chi connectivity index (χ4n) is 1.88. The summed E-state index contributed by atoms with van der Waals surface area (Å²) < 4.78 is 23.2. The van der Waals surface area contributed by atoms with Crippen LogP contribution in [-0.2, 0) is 20.3 Å². The lowest BCUT2D eigenvalue weighted by molar-refractivity contribution is -0.139. The van der Waals surface area contributed by atoms with Crippen LogP contribution < -0.4 is 5.73 Å². The van der Waals surface area contributed by atoms with Crippen LogP contribution >= 0.6 is 0 Å². The van der Waals surface area contributed by atoms with Gasteiger partial charge in [-0.15, -0.1) is 0 Å². The fraction of sp³-hybridized carbons (Fsp3) is 0.538. The van der Waals surface area contributed by atoms with E-state index >= 15 is 0 Å². The normalized spacial score (nSPS) is 25.8. The van der Waals surface area contributed by atoms with E-state index in [9.17, 15) is 4.21 Å². The highest BCUT2D eigenvalue weighted by Gasteiger charge is 2.36. The SMILES string of the molecule is CC1(C)OC[C@H]([C@@H](N)CS(=O)c2ccccc2)O1. The van der Waals surface area contributed by atoms with Crippen LogP contribution in [-0.4, -0.2) is 34.5 Å². The summed E-state index contributed by atoms with van der Waals surface area (Å²) in [5, 5.41) is 0. The minimum Gasteiger partial charge on any atom is -0.348 e. The van der Waals surface area contributed by atoms with E-state index in [1.165, 1.54) is 0 Å². The number of ether oxygens (including phenoxy) is 2. The summed E-state index contributed by atoms with van der Waals surface area (Å²) in [6.45, 7) is 4.17. The Morgan fingerprint density at radius 1 is 1.44 bits per heavy atom. The van der Waals surface area contributed by atoms with Gasteiger partial charge in [0, 0.05) is 16.7 Å². The zero-order valence-corrected chi connectivity index (χ0v) is 11.5. The van der Waals surface area contributed by atoms with Crippen molar-refractivity contribution in [3.8, 4) is 0 Å². The summed E-state index contributed by atoms with van der Waals surface area (Å²) in [5.41, 5.74) is 6.04. The predicted molar refractivity (Wildman–Crippen MR) is 70.6 cm³/mol. The van der Waals surface area contributed by atoms with Crippen LogP contribution in [0.3, 0.4) is 0 Å². The van der Waals surface area contributed by atoms with E-state index in [4.69, 9.17) is 15.2 Å². The van der Waals surface area contributed by atoms with Gasteiger partial charge in [-0.2, -0.15) is 0 Å². The molecular formula is C13H19NO3S. The monoisotopic (exact) mass is 269 g/mol. The smallest absolute Gasteiger partial charge is 0.163 e. The molecule has 1 aromatic carbocycles. The number of benzene rings is 1. The molecule has 5 heteroatoms. The average molecular weight is 269 g/mol. The lowest BCUT2D eigenvalue weighted by Gasteiger charge is -2.20. The fourth-order valence-corrected chi connectivity index (χ4v) is 3.09. The summed E-state index contributed by atoms with van der Waals surface area (Å²) in [6, 6.07) is 9.05. The lowest BCUT2D eigenvalue weighted by Crippen LogP contribution is -2.41. The second kappa shape index (κ2) is 5.48. The second-order valence-electron chi connectivity index (χ2n) is 4.86. The van der Waals surface area contributed by atoms with Crippen molar-refractivity contribution >= 4 is 10.8 Å². The molecule has 0 amide bonds. The first-order valence-electron chi connectivity index (χ1n) is 5.99. The first-order valence-corrected chi connectivity index (χ1v) is 7.30. The maximum atomic E-state index is 12.1. The first kappa shape index (κ1) is 13.7. The van der Waals surface area contributed by atoms with Crippen molar-refractivity contribution in [2.75, 3.05) is 12.4 Å². The minimum absolute atomic E-state index is 0.187. The molecule has 1 aliphatic rings. The van der Waals surface area contributed by atoms with Gasteiger partial charge in [-0.3, -0.25) is 4.21 Å². The average Bonchev–Trinajstić information content (AvgIpc) is 2.71. The van der Waals surface area contributed by atoms with Crippen molar-refractivity contribution in [1.29, 1.82) is 0 Å². The van der Waals surface area contributed by atoms with Crippen LogP contribution in [0.2, 0.25) is 0 Å². The standard InChI is InChI=1S/C13H19NO3S/c1-13(2)16-8-12(17-13)11(14)9-18(15)10-6-4-3-5-7-10/h3-7,11-12H,8-9,14H2,1-2H3/t11-,12+,18?/m0/s1. The summed E-state index contributed by atoms with van der Waals surface area (Å²) in [7, 11) is -1.09. The minimum atomic E-state index is -1.09. The largest absolute Gasteiger partial charge is 0.348 e. The van der Waals surface area contributed by atoms with E-state index in [-0.39, 0.29) is 12.1 Å². The summed E-state index contributed by atoms with van der Waals surface area (Å²) >= 11 is 0. The Morgan fingerprint density at radius 2 is 2.11 bits per heavy atom. The van der Waals surface area contributed by atoms with Crippen molar-refractivity contribution in [2.24, 2.45) is 5.73 Å². The molecule has 1 fully saturated rings. The molecule has 0 aliphatic carbocycles. The predicted octanol–water partition coefficient (Wildman–Crippen LogP) is 1.27. The van der Waals surface area contributed by atoms with Crippen molar-refractivity contribution in [1.82, 2.24) is 0 Å². The molecule has 3 atom stereocenters. The van der Waals surface area contributed by atoms with Crippen LogP contribution in [0.5, 0.6) is 0 Å². The summed E-state index contributed by atoms with van der Waals surface area (Å²) in [6.07, 6.45) is -0.187. The molecule has 18 heavy (non-hydrogen) atoms.